The van der Waals surface area contributed by atoms with Crippen LogP contribution < -0.4 is 11.1 Å². The third kappa shape index (κ3) is 1.84. The summed E-state index contributed by atoms with van der Waals surface area (Å²) in [7, 11) is 0. The minimum Gasteiger partial charge on any atom is -0.348 e. The molecule has 0 bridgehead atoms. The van der Waals surface area contributed by atoms with Gasteiger partial charge in [0.2, 0.25) is 5.91 Å². The molecule has 4 nitrogen and oxygen atoms in total. The number of amides is 1. The smallest absolute Gasteiger partial charge is 0.220 e. The predicted molar refractivity (Wildman–Crippen MR) is 69.8 cm³/mol. The Balaban J connectivity index is 2.10. The van der Waals surface area contributed by atoms with Gasteiger partial charge in [-0.25, -0.2) is 0 Å². The summed E-state index contributed by atoms with van der Waals surface area (Å²) in [5, 5.41) is 5.15. The third-order valence-corrected chi connectivity index (χ3v) is 3.48. The Kier molecular flexibility index (Phi) is 2.72. The van der Waals surface area contributed by atoms with Gasteiger partial charge in [-0.05, 0) is 11.8 Å². The minimum absolute atomic E-state index is 0.0460. The summed E-state index contributed by atoms with van der Waals surface area (Å²) in [5.74, 6) is 0.0645. The molecule has 3 N–H and O–H groups in total. The summed E-state index contributed by atoms with van der Waals surface area (Å²) < 4.78 is 0. The molecular weight excluding hydrogens is 226 g/mol. The molecule has 1 aromatic carbocycles. The van der Waals surface area contributed by atoms with Crippen LogP contribution in [0.3, 0.4) is 0 Å². The van der Waals surface area contributed by atoms with Gasteiger partial charge in [0.25, 0.3) is 0 Å². The summed E-state index contributed by atoms with van der Waals surface area (Å²) in [6.45, 7) is 0. The van der Waals surface area contributed by atoms with Gasteiger partial charge in [0.1, 0.15) is 0 Å². The van der Waals surface area contributed by atoms with Crippen molar-refractivity contribution < 1.29 is 4.79 Å². The number of carbonyl (C=O) groups is 1. The lowest BCUT2D eigenvalue weighted by Gasteiger charge is -2.30. The number of nitrogens with zero attached hydrogens (tertiary/aromatic N) is 1. The van der Waals surface area contributed by atoms with Crippen molar-refractivity contribution in [2.24, 2.45) is 5.73 Å². The summed E-state index contributed by atoms with van der Waals surface area (Å²) >= 11 is 0. The van der Waals surface area contributed by atoms with Crippen LogP contribution in [0.4, 0.5) is 0 Å². The molecule has 1 aliphatic rings. The van der Waals surface area contributed by atoms with Gasteiger partial charge in [-0.3, -0.25) is 9.78 Å². The molecule has 0 aliphatic carbocycles. The van der Waals surface area contributed by atoms with Gasteiger partial charge in [0, 0.05) is 35.8 Å². The lowest BCUT2D eigenvalue weighted by Crippen LogP contribution is -2.45. The first-order valence-corrected chi connectivity index (χ1v) is 6.13. The number of carbonyl (C=O) groups excluding carboxylic acids is 1. The van der Waals surface area contributed by atoms with E-state index in [1.165, 1.54) is 0 Å². The fourth-order valence-electron chi connectivity index (χ4n) is 2.51. The number of benzene rings is 1. The van der Waals surface area contributed by atoms with Crippen molar-refractivity contribution in [1.82, 2.24) is 10.3 Å². The second kappa shape index (κ2) is 4.38. The van der Waals surface area contributed by atoms with Gasteiger partial charge in [-0.1, -0.05) is 24.3 Å². The van der Waals surface area contributed by atoms with E-state index in [1.54, 1.807) is 6.20 Å². The van der Waals surface area contributed by atoms with E-state index in [4.69, 9.17) is 5.73 Å². The Bertz CT molecular complexity index is 591. The number of nitrogens with one attached hydrogen (secondary N) is 1. The van der Waals surface area contributed by atoms with Gasteiger partial charge in [-0.2, -0.15) is 0 Å². The van der Waals surface area contributed by atoms with Crippen molar-refractivity contribution in [3.63, 3.8) is 0 Å². The lowest BCUT2D eigenvalue weighted by atomic mass is 9.91. The summed E-state index contributed by atoms with van der Waals surface area (Å²) in [4.78, 5) is 15.8. The van der Waals surface area contributed by atoms with Gasteiger partial charge in [-0.15, -0.1) is 0 Å². The van der Waals surface area contributed by atoms with Crippen LogP contribution in [0.2, 0.25) is 0 Å². The zero-order valence-corrected chi connectivity index (χ0v) is 9.97. The Morgan fingerprint density at radius 3 is 3.00 bits per heavy atom. The van der Waals surface area contributed by atoms with Crippen molar-refractivity contribution in [2.75, 3.05) is 0 Å². The monoisotopic (exact) mass is 241 g/mol. The second-order valence-corrected chi connectivity index (χ2v) is 4.70. The number of hydrogen-bond acceptors (Lipinski definition) is 3. The van der Waals surface area contributed by atoms with Crippen LogP contribution in [0, 0.1) is 0 Å². The first-order valence-electron chi connectivity index (χ1n) is 6.13. The molecule has 0 saturated carbocycles. The number of aromatic nitrogens is 1. The second-order valence-electron chi connectivity index (χ2n) is 4.70. The lowest BCUT2D eigenvalue weighted by molar-refractivity contribution is -0.123. The van der Waals surface area contributed by atoms with Crippen LogP contribution in [0.25, 0.3) is 10.8 Å². The molecule has 0 spiro atoms. The highest BCUT2D eigenvalue weighted by Crippen LogP contribution is 2.28. The molecule has 2 heterocycles. The van der Waals surface area contributed by atoms with Gasteiger partial charge in [0.15, 0.2) is 0 Å². The molecule has 18 heavy (non-hydrogen) atoms. The number of pyridine rings is 1. The van der Waals surface area contributed by atoms with Crippen LogP contribution in [0.1, 0.15) is 24.4 Å². The molecule has 2 unspecified atom stereocenters. The predicted octanol–water partition coefficient (Wildman–Crippen LogP) is 1.51. The van der Waals surface area contributed by atoms with Crippen LogP contribution >= 0.6 is 0 Å². The molecule has 3 rings (SSSR count). The first kappa shape index (κ1) is 11.2. The van der Waals surface area contributed by atoms with E-state index in [2.05, 4.69) is 10.3 Å². The maximum Gasteiger partial charge on any atom is 0.220 e. The SMILES string of the molecule is NC1CCC(=O)NC1c1cncc2ccccc12. The van der Waals surface area contributed by atoms with Crippen molar-refractivity contribution in [2.45, 2.75) is 24.9 Å². The highest BCUT2D eigenvalue weighted by molar-refractivity contribution is 5.86. The normalized spacial score (nSPS) is 23.9. The topological polar surface area (TPSA) is 68.0 Å². The molecule has 0 radical (unpaired) electrons. The average molecular weight is 241 g/mol. The van der Waals surface area contributed by atoms with Crippen molar-refractivity contribution >= 4 is 16.7 Å². The number of piperidine rings is 1. The van der Waals surface area contributed by atoms with Crippen LogP contribution in [0.15, 0.2) is 36.7 Å². The first-order chi connectivity index (χ1) is 8.75. The van der Waals surface area contributed by atoms with Crippen molar-refractivity contribution in [3.8, 4) is 0 Å². The van der Waals surface area contributed by atoms with Crippen LogP contribution in [0.5, 0.6) is 0 Å². The molecule has 1 amide bonds. The molecule has 1 saturated heterocycles. The molecule has 2 aromatic rings. The molecule has 4 heteroatoms. The molecule has 92 valence electrons. The molecule has 1 aromatic heterocycles. The van der Waals surface area contributed by atoms with E-state index in [1.807, 2.05) is 30.5 Å². The third-order valence-electron chi connectivity index (χ3n) is 3.48. The van der Waals surface area contributed by atoms with E-state index in [0.717, 1.165) is 22.8 Å². The highest BCUT2D eigenvalue weighted by Gasteiger charge is 2.28. The molecule has 2 atom stereocenters. The van der Waals surface area contributed by atoms with Crippen molar-refractivity contribution in [1.29, 1.82) is 0 Å². The molecule has 1 aliphatic heterocycles. The largest absolute Gasteiger partial charge is 0.348 e. The fraction of sp³-hybridized carbons (Fsp3) is 0.286. The zero-order chi connectivity index (χ0) is 12.5. The van der Waals surface area contributed by atoms with Gasteiger partial charge < -0.3 is 11.1 Å². The van der Waals surface area contributed by atoms with E-state index < -0.39 is 0 Å². The minimum atomic E-state index is -0.134. The molecular formula is C14H15N3O. The summed E-state index contributed by atoms with van der Waals surface area (Å²) in [6, 6.07) is 7.84. The fourth-order valence-corrected chi connectivity index (χ4v) is 2.51. The number of rotatable bonds is 1. The van der Waals surface area contributed by atoms with Crippen LogP contribution in [-0.2, 0) is 4.79 Å². The average Bonchev–Trinajstić information content (AvgIpc) is 2.41. The zero-order valence-electron chi connectivity index (χ0n) is 9.97. The van der Waals surface area contributed by atoms with E-state index in [9.17, 15) is 4.79 Å². The summed E-state index contributed by atoms with van der Waals surface area (Å²) in [5.41, 5.74) is 7.13. The standard InChI is InChI=1S/C14H15N3O/c15-12-5-6-13(18)17-14(12)11-8-16-7-9-3-1-2-4-10(9)11/h1-4,7-8,12,14H,5-6,15H2,(H,17,18). The van der Waals surface area contributed by atoms with Crippen molar-refractivity contribution in [3.05, 3.63) is 42.2 Å². The Morgan fingerprint density at radius 2 is 2.11 bits per heavy atom. The number of nitrogens with two attached hydrogens (primary N) is 1. The Labute approximate surface area is 105 Å². The maximum absolute atomic E-state index is 11.5. The summed E-state index contributed by atoms with van der Waals surface area (Å²) in [6.07, 6.45) is 4.86. The molecule has 1 fully saturated rings. The highest BCUT2D eigenvalue weighted by atomic mass is 16.1. The maximum atomic E-state index is 11.5. The van der Waals surface area contributed by atoms with Crippen LogP contribution in [-0.4, -0.2) is 16.9 Å². The Hall–Kier alpha value is -1.94. The number of hydrogen-bond donors (Lipinski definition) is 2. The quantitative estimate of drug-likeness (QED) is 0.795. The van der Waals surface area contributed by atoms with E-state index in [0.29, 0.717) is 6.42 Å². The van der Waals surface area contributed by atoms with E-state index in [-0.39, 0.29) is 18.0 Å². The Morgan fingerprint density at radius 1 is 1.28 bits per heavy atom. The van der Waals surface area contributed by atoms with Gasteiger partial charge in [0.05, 0.1) is 6.04 Å². The van der Waals surface area contributed by atoms with Gasteiger partial charge >= 0.3 is 0 Å². The van der Waals surface area contributed by atoms with E-state index >= 15 is 0 Å². The number of fused-ring (bicyclic) bond motifs is 1.